The third-order valence-electron chi connectivity index (χ3n) is 2.62. The van der Waals surface area contributed by atoms with Crippen molar-refractivity contribution in [1.82, 2.24) is 4.98 Å². The van der Waals surface area contributed by atoms with E-state index in [0.717, 1.165) is 22.2 Å². The second-order valence-corrected chi connectivity index (χ2v) is 4.90. The Kier molecular flexibility index (Phi) is 4.73. The van der Waals surface area contributed by atoms with Crippen LogP contribution < -0.4 is 10.5 Å². The summed E-state index contributed by atoms with van der Waals surface area (Å²) in [4.78, 5) is 4.06. The molecule has 3 nitrogen and oxygen atoms in total. The predicted octanol–water partition coefficient (Wildman–Crippen LogP) is 3.31. The third kappa shape index (κ3) is 3.82. The summed E-state index contributed by atoms with van der Waals surface area (Å²) in [6.07, 6.45) is 4.31. The van der Waals surface area contributed by atoms with E-state index < -0.39 is 0 Å². The van der Waals surface area contributed by atoms with Crippen LogP contribution in [0.1, 0.15) is 18.0 Å². The zero-order valence-electron chi connectivity index (χ0n) is 9.92. The number of pyridine rings is 1. The normalized spacial score (nSPS) is 12.1. The Balaban J connectivity index is 1.80. The van der Waals surface area contributed by atoms with Crippen molar-refractivity contribution in [2.45, 2.75) is 12.5 Å². The molecule has 0 aliphatic rings. The topological polar surface area (TPSA) is 48.1 Å². The maximum absolute atomic E-state index is 6.06. The zero-order valence-corrected chi connectivity index (χ0v) is 11.5. The molecule has 2 aromatic rings. The second kappa shape index (κ2) is 6.52. The van der Waals surface area contributed by atoms with Gasteiger partial charge in [0.25, 0.3) is 0 Å². The Labute approximate surface area is 115 Å². The molecular weight excluding hydrogens is 292 g/mol. The van der Waals surface area contributed by atoms with Crippen LogP contribution in [-0.4, -0.2) is 11.6 Å². The van der Waals surface area contributed by atoms with Gasteiger partial charge in [-0.25, -0.2) is 0 Å². The summed E-state index contributed by atoms with van der Waals surface area (Å²) in [5, 5.41) is 0. The highest BCUT2D eigenvalue weighted by Gasteiger charge is 2.05. The van der Waals surface area contributed by atoms with Crippen LogP contribution in [-0.2, 0) is 0 Å². The molecule has 1 unspecified atom stereocenters. The van der Waals surface area contributed by atoms with Crippen LogP contribution in [0.5, 0.6) is 5.75 Å². The van der Waals surface area contributed by atoms with Gasteiger partial charge in [-0.1, -0.05) is 22.0 Å². The third-order valence-corrected chi connectivity index (χ3v) is 3.15. The highest BCUT2D eigenvalue weighted by Crippen LogP contribution is 2.17. The highest BCUT2D eigenvalue weighted by atomic mass is 79.9. The Morgan fingerprint density at radius 3 is 2.67 bits per heavy atom. The molecule has 18 heavy (non-hydrogen) atoms. The summed E-state index contributed by atoms with van der Waals surface area (Å²) in [7, 11) is 0. The maximum Gasteiger partial charge on any atom is 0.119 e. The van der Waals surface area contributed by atoms with Gasteiger partial charge in [-0.2, -0.15) is 0 Å². The second-order valence-electron chi connectivity index (χ2n) is 3.98. The summed E-state index contributed by atoms with van der Waals surface area (Å²) in [6, 6.07) is 11.6. The summed E-state index contributed by atoms with van der Waals surface area (Å²) in [6.45, 7) is 0.595. The summed E-state index contributed by atoms with van der Waals surface area (Å²) < 4.78 is 6.68. The Morgan fingerprint density at radius 1 is 1.22 bits per heavy atom. The molecule has 2 N–H and O–H groups in total. The van der Waals surface area contributed by atoms with E-state index in [0.29, 0.717) is 6.61 Å². The number of benzene rings is 1. The first-order valence-corrected chi connectivity index (χ1v) is 6.59. The van der Waals surface area contributed by atoms with Crippen molar-refractivity contribution < 1.29 is 4.74 Å². The smallest absolute Gasteiger partial charge is 0.119 e. The summed E-state index contributed by atoms with van der Waals surface area (Å²) >= 11 is 3.38. The average Bonchev–Trinajstić information content (AvgIpc) is 2.42. The van der Waals surface area contributed by atoms with Gasteiger partial charge < -0.3 is 10.5 Å². The molecule has 1 heterocycles. The van der Waals surface area contributed by atoms with Crippen molar-refractivity contribution in [2.75, 3.05) is 6.61 Å². The molecule has 1 aromatic heterocycles. The number of halogens is 1. The molecule has 2 rings (SSSR count). The summed E-state index contributed by atoms with van der Waals surface area (Å²) in [5.74, 6) is 0.858. The van der Waals surface area contributed by atoms with Crippen LogP contribution in [0.25, 0.3) is 0 Å². The van der Waals surface area contributed by atoms with Gasteiger partial charge in [-0.05, 0) is 35.9 Å². The number of nitrogens with zero attached hydrogens (tertiary/aromatic N) is 1. The van der Waals surface area contributed by atoms with Crippen LogP contribution in [0, 0.1) is 0 Å². The van der Waals surface area contributed by atoms with E-state index in [-0.39, 0.29) is 6.04 Å². The van der Waals surface area contributed by atoms with E-state index in [4.69, 9.17) is 10.5 Å². The molecule has 0 fully saturated rings. The minimum atomic E-state index is -0.0332. The van der Waals surface area contributed by atoms with Gasteiger partial charge in [0.15, 0.2) is 0 Å². The van der Waals surface area contributed by atoms with E-state index in [1.807, 2.05) is 36.4 Å². The molecule has 0 spiro atoms. The number of ether oxygens (including phenoxy) is 1. The number of hydrogen-bond acceptors (Lipinski definition) is 3. The van der Waals surface area contributed by atoms with Crippen LogP contribution in [0.2, 0.25) is 0 Å². The van der Waals surface area contributed by atoms with Crippen molar-refractivity contribution in [3.63, 3.8) is 0 Å². The zero-order chi connectivity index (χ0) is 12.8. The predicted molar refractivity (Wildman–Crippen MR) is 75.4 cm³/mol. The van der Waals surface area contributed by atoms with Crippen molar-refractivity contribution >= 4 is 15.9 Å². The molecule has 1 atom stereocenters. The largest absolute Gasteiger partial charge is 0.494 e. The minimum absolute atomic E-state index is 0.0332. The number of hydrogen-bond donors (Lipinski definition) is 1. The Morgan fingerprint density at radius 2 is 2.00 bits per heavy atom. The molecule has 1 aromatic carbocycles. The molecule has 0 aliphatic heterocycles. The Hall–Kier alpha value is -1.39. The van der Waals surface area contributed by atoms with E-state index in [1.54, 1.807) is 12.4 Å². The van der Waals surface area contributed by atoms with Crippen molar-refractivity contribution in [3.8, 4) is 5.75 Å². The van der Waals surface area contributed by atoms with E-state index in [9.17, 15) is 0 Å². The fourth-order valence-electron chi connectivity index (χ4n) is 1.60. The highest BCUT2D eigenvalue weighted by molar-refractivity contribution is 9.10. The Bertz CT molecular complexity index is 473. The van der Waals surface area contributed by atoms with Gasteiger partial charge in [-0.3, -0.25) is 4.98 Å². The van der Waals surface area contributed by atoms with E-state index in [1.165, 1.54) is 0 Å². The lowest BCUT2D eigenvalue weighted by Gasteiger charge is -2.12. The molecule has 0 amide bonds. The number of aromatic nitrogens is 1. The fourth-order valence-corrected chi connectivity index (χ4v) is 1.86. The average molecular weight is 307 g/mol. The van der Waals surface area contributed by atoms with Gasteiger partial charge in [0, 0.05) is 29.3 Å². The van der Waals surface area contributed by atoms with Gasteiger partial charge in [0.05, 0.1) is 6.61 Å². The minimum Gasteiger partial charge on any atom is -0.494 e. The van der Waals surface area contributed by atoms with Gasteiger partial charge in [0.1, 0.15) is 5.75 Å². The number of rotatable bonds is 5. The lowest BCUT2D eigenvalue weighted by atomic mass is 10.1. The molecule has 0 bridgehead atoms. The molecule has 0 aliphatic carbocycles. The van der Waals surface area contributed by atoms with Crippen LogP contribution in [0.4, 0.5) is 0 Å². The number of nitrogens with two attached hydrogens (primary N) is 1. The van der Waals surface area contributed by atoms with Crippen LogP contribution >= 0.6 is 15.9 Å². The molecule has 0 saturated heterocycles. The molecular formula is C14H15BrN2O. The first-order chi connectivity index (χ1) is 8.75. The lowest BCUT2D eigenvalue weighted by Crippen LogP contribution is -2.14. The SMILES string of the molecule is NC(CCOc1ccc(Br)cc1)c1cccnc1. The quantitative estimate of drug-likeness (QED) is 0.922. The maximum atomic E-state index is 6.06. The van der Waals surface area contributed by atoms with E-state index in [2.05, 4.69) is 20.9 Å². The molecule has 0 saturated carbocycles. The van der Waals surface area contributed by atoms with Crippen molar-refractivity contribution in [1.29, 1.82) is 0 Å². The first-order valence-electron chi connectivity index (χ1n) is 5.79. The molecule has 0 radical (unpaired) electrons. The van der Waals surface area contributed by atoms with Crippen LogP contribution in [0.15, 0.2) is 53.3 Å². The van der Waals surface area contributed by atoms with Gasteiger partial charge in [0.2, 0.25) is 0 Å². The standard InChI is InChI=1S/C14H15BrN2O/c15-12-3-5-13(6-4-12)18-9-7-14(16)11-2-1-8-17-10-11/h1-6,8,10,14H,7,9,16H2. The summed E-state index contributed by atoms with van der Waals surface area (Å²) in [5.41, 5.74) is 7.09. The fraction of sp³-hybridized carbons (Fsp3) is 0.214. The molecule has 4 heteroatoms. The lowest BCUT2D eigenvalue weighted by molar-refractivity contribution is 0.298. The van der Waals surface area contributed by atoms with Crippen molar-refractivity contribution in [3.05, 3.63) is 58.8 Å². The van der Waals surface area contributed by atoms with Gasteiger partial charge in [-0.15, -0.1) is 0 Å². The first kappa shape index (κ1) is 13.1. The van der Waals surface area contributed by atoms with Crippen LogP contribution in [0.3, 0.4) is 0 Å². The van der Waals surface area contributed by atoms with E-state index >= 15 is 0 Å². The van der Waals surface area contributed by atoms with Crippen molar-refractivity contribution in [2.24, 2.45) is 5.73 Å². The van der Waals surface area contributed by atoms with Gasteiger partial charge >= 0.3 is 0 Å². The monoisotopic (exact) mass is 306 g/mol. The molecule has 94 valence electrons.